The molecule has 144 valence electrons. The number of halogens is 1. The number of nitrogen functional groups attached to an aromatic ring is 1. The van der Waals surface area contributed by atoms with Gasteiger partial charge >= 0.3 is 0 Å². The van der Waals surface area contributed by atoms with Crippen molar-refractivity contribution in [1.29, 1.82) is 0 Å². The van der Waals surface area contributed by atoms with Gasteiger partial charge in [-0.3, -0.25) is 4.79 Å². The van der Waals surface area contributed by atoms with Crippen LogP contribution in [-0.2, 0) is 10.5 Å². The minimum Gasteiger partial charge on any atom is -0.368 e. The zero-order chi connectivity index (χ0) is 19.9. The van der Waals surface area contributed by atoms with E-state index in [-0.39, 0.29) is 17.1 Å². The SMILES string of the molecule is C[C@@H](SCc1nc(N)nc(Nc2ccccc2)n1)C(=O)Nc1cccc(Br)c1. The molecule has 0 saturated heterocycles. The molecule has 1 heterocycles. The molecule has 0 fully saturated rings. The van der Waals surface area contributed by atoms with Gasteiger partial charge in [-0.1, -0.05) is 40.2 Å². The fraction of sp³-hybridized carbons (Fsp3) is 0.158. The van der Waals surface area contributed by atoms with E-state index in [1.807, 2.05) is 61.5 Å². The van der Waals surface area contributed by atoms with Crippen molar-refractivity contribution in [2.45, 2.75) is 17.9 Å². The van der Waals surface area contributed by atoms with Gasteiger partial charge in [0.05, 0.1) is 11.0 Å². The average molecular weight is 459 g/mol. The summed E-state index contributed by atoms with van der Waals surface area (Å²) in [5, 5.41) is 5.70. The monoisotopic (exact) mass is 458 g/mol. The minimum absolute atomic E-state index is 0.0900. The van der Waals surface area contributed by atoms with Crippen LogP contribution in [0.5, 0.6) is 0 Å². The summed E-state index contributed by atoms with van der Waals surface area (Å²) in [5.74, 6) is 1.37. The molecule has 1 atom stereocenters. The number of rotatable bonds is 7. The molecule has 3 aromatic rings. The van der Waals surface area contributed by atoms with Crippen molar-refractivity contribution in [1.82, 2.24) is 15.0 Å². The van der Waals surface area contributed by atoms with Gasteiger partial charge in [0, 0.05) is 15.8 Å². The van der Waals surface area contributed by atoms with Crippen LogP contribution >= 0.6 is 27.7 Å². The number of carbonyl (C=O) groups is 1. The summed E-state index contributed by atoms with van der Waals surface area (Å²) in [5.41, 5.74) is 7.40. The maximum atomic E-state index is 12.4. The van der Waals surface area contributed by atoms with Crippen LogP contribution in [0.1, 0.15) is 12.7 Å². The van der Waals surface area contributed by atoms with Crippen molar-refractivity contribution in [3.63, 3.8) is 0 Å². The summed E-state index contributed by atoms with van der Waals surface area (Å²) in [6.07, 6.45) is 0. The van der Waals surface area contributed by atoms with E-state index in [0.717, 1.165) is 15.8 Å². The Morgan fingerprint density at radius 1 is 1.11 bits per heavy atom. The van der Waals surface area contributed by atoms with E-state index in [1.165, 1.54) is 11.8 Å². The number of carbonyl (C=O) groups excluding carboxylic acids is 1. The van der Waals surface area contributed by atoms with Crippen LogP contribution in [-0.4, -0.2) is 26.1 Å². The van der Waals surface area contributed by atoms with Gasteiger partial charge in [-0.25, -0.2) is 0 Å². The highest BCUT2D eigenvalue weighted by Gasteiger charge is 2.15. The predicted octanol–water partition coefficient (Wildman–Crippen LogP) is 4.22. The molecular weight excluding hydrogens is 440 g/mol. The van der Waals surface area contributed by atoms with Crippen molar-refractivity contribution in [2.24, 2.45) is 0 Å². The van der Waals surface area contributed by atoms with E-state index in [9.17, 15) is 4.79 Å². The van der Waals surface area contributed by atoms with Gasteiger partial charge in [0.2, 0.25) is 17.8 Å². The average Bonchev–Trinajstić information content (AvgIpc) is 2.66. The molecular formula is C19H19BrN6OS. The van der Waals surface area contributed by atoms with E-state index >= 15 is 0 Å². The molecule has 2 aromatic carbocycles. The molecule has 3 rings (SSSR count). The molecule has 0 saturated carbocycles. The van der Waals surface area contributed by atoms with E-state index in [1.54, 1.807) is 0 Å². The Hall–Kier alpha value is -2.65. The van der Waals surface area contributed by atoms with E-state index in [2.05, 4.69) is 41.5 Å². The molecule has 1 aromatic heterocycles. The lowest BCUT2D eigenvalue weighted by molar-refractivity contribution is -0.115. The number of aromatic nitrogens is 3. The zero-order valence-electron chi connectivity index (χ0n) is 15.1. The topological polar surface area (TPSA) is 106 Å². The summed E-state index contributed by atoms with van der Waals surface area (Å²) < 4.78 is 0.907. The smallest absolute Gasteiger partial charge is 0.237 e. The second kappa shape index (κ2) is 9.52. The number of amides is 1. The number of hydrogen-bond acceptors (Lipinski definition) is 7. The molecule has 0 bridgehead atoms. The number of thioether (sulfide) groups is 1. The highest BCUT2D eigenvalue weighted by molar-refractivity contribution is 9.10. The van der Waals surface area contributed by atoms with Gasteiger partial charge in [-0.2, -0.15) is 15.0 Å². The number of para-hydroxylation sites is 1. The first-order valence-electron chi connectivity index (χ1n) is 8.50. The molecule has 0 spiro atoms. The number of nitrogens with zero attached hydrogens (tertiary/aromatic N) is 3. The van der Waals surface area contributed by atoms with Gasteiger partial charge in [0.25, 0.3) is 0 Å². The Kier molecular flexibility index (Phi) is 6.83. The number of hydrogen-bond donors (Lipinski definition) is 3. The van der Waals surface area contributed by atoms with E-state index < -0.39 is 0 Å². The number of nitrogens with two attached hydrogens (primary N) is 1. The molecule has 4 N–H and O–H groups in total. The first-order chi connectivity index (χ1) is 13.5. The molecule has 0 radical (unpaired) electrons. The van der Waals surface area contributed by atoms with Crippen LogP contribution in [0.4, 0.5) is 23.3 Å². The summed E-state index contributed by atoms with van der Waals surface area (Å²) in [7, 11) is 0. The standard InChI is InChI=1S/C19H19BrN6OS/c1-12(17(27)22-15-9-5-6-13(20)10-15)28-11-16-24-18(21)26-19(25-16)23-14-7-3-2-4-8-14/h2-10,12H,11H2,1H3,(H,22,27)(H3,21,23,24,25,26)/t12-/m1/s1. The maximum Gasteiger partial charge on any atom is 0.237 e. The maximum absolute atomic E-state index is 12.4. The van der Waals surface area contributed by atoms with Crippen LogP contribution in [0.25, 0.3) is 0 Å². The molecule has 0 aliphatic carbocycles. The van der Waals surface area contributed by atoms with Crippen LogP contribution < -0.4 is 16.4 Å². The summed E-state index contributed by atoms with van der Waals surface area (Å²) in [6.45, 7) is 1.84. The van der Waals surface area contributed by atoms with Crippen LogP contribution in [0, 0.1) is 0 Å². The van der Waals surface area contributed by atoms with Crippen molar-refractivity contribution >= 4 is 56.9 Å². The molecule has 28 heavy (non-hydrogen) atoms. The lowest BCUT2D eigenvalue weighted by atomic mass is 10.3. The lowest BCUT2D eigenvalue weighted by Crippen LogP contribution is -2.22. The van der Waals surface area contributed by atoms with Gasteiger partial charge in [-0.15, -0.1) is 11.8 Å². The highest BCUT2D eigenvalue weighted by Crippen LogP contribution is 2.21. The lowest BCUT2D eigenvalue weighted by Gasteiger charge is -2.12. The molecule has 7 nitrogen and oxygen atoms in total. The second-order valence-electron chi connectivity index (χ2n) is 5.88. The van der Waals surface area contributed by atoms with Gasteiger partial charge < -0.3 is 16.4 Å². The van der Waals surface area contributed by atoms with Crippen molar-refractivity contribution in [3.05, 3.63) is 64.9 Å². The third-order valence-corrected chi connectivity index (χ3v) is 5.28. The number of anilines is 4. The normalized spacial score (nSPS) is 11.6. The van der Waals surface area contributed by atoms with Gasteiger partial charge in [0.1, 0.15) is 5.82 Å². The largest absolute Gasteiger partial charge is 0.368 e. The third kappa shape index (κ3) is 5.93. The fourth-order valence-corrected chi connectivity index (χ4v) is 3.43. The quantitative estimate of drug-likeness (QED) is 0.486. The summed E-state index contributed by atoms with van der Waals surface area (Å²) in [4.78, 5) is 25.0. The molecule has 0 unspecified atom stereocenters. The minimum atomic E-state index is -0.289. The van der Waals surface area contributed by atoms with Crippen LogP contribution in [0.3, 0.4) is 0 Å². The Bertz CT molecular complexity index is 956. The fourth-order valence-electron chi connectivity index (χ4n) is 2.29. The molecule has 9 heteroatoms. The Morgan fingerprint density at radius 2 is 1.86 bits per heavy atom. The third-order valence-electron chi connectivity index (χ3n) is 3.65. The first kappa shape index (κ1) is 20.1. The van der Waals surface area contributed by atoms with Crippen LogP contribution in [0.15, 0.2) is 59.1 Å². The number of nitrogens with one attached hydrogen (secondary N) is 2. The second-order valence-corrected chi connectivity index (χ2v) is 8.12. The molecule has 0 aliphatic rings. The zero-order valence-corrected chi connectivity index (χ0v) is 17.5. The predicted molar refractivity (Wildman–Crippen MR) is 117 cm³/mol. The molecule has 1 amide bonds. The Labute approximate surface area is 175 Å². The van der Waals surface area contributed by atoms with Gasteiger partial charge in [-0.05, 0) is 37.3 Å². The first-order valence-corrected chi connectivity index (χ1v) is 10.3. The van der Waals surface area contributed by atoms with Gasteiger partial charge in [0.15, 0.2) is 0 Å². The van der Waals surface area contributed by atoms with E-state index in [4.69, 9.17) is 5.73 Å². The number of benzene rings is 2. The van der Waals surface area contributed by atoms with E-state index in [0.29, 0.717) is 17.5 Å². The van der Waals surface area contributed by atoms with Crippen molar-refractivity contribution in [3.8, 4) is 0 Å². The molecule has 0 aliphatic heterocycles. The Morgan fingerprint density at radius 3 is 2.61 bits per heavy atom. The summed E-state index contributed by atoms with van der Waals surface area (Å²) in [6, 6.07) is 17.0. The van der Waals surface area contributed by atoms with Crippen molar-refractivity contribution < 1.29 is 4.79 Å². The summed E-state index contributed by atoms with van der Waals surface area (Å²) >= 11 is 4.82. The Balaban J connectivity index is 1.59. The van der Waals surface area contributed by atoms with Crippen molar-refractivity contribution in [2.75, 3.05) is 16.4 Å². The highest BCUT2D eigenvalue weighted by atomic mass is 79.9. The van der Waals surface area contributed by atoms with Crippen LogP contribution in [0.2, 0.25) is 0 Å².